The largest absolute Gasteiger partial charge is 0.489 e. The van der Waals surface area contributed by atoms with Crippen LogP contribution in [0.1, 0.15) is 52.3 Å². The first-order chi connectivity index (χ1) is 29.0. The Morgan fingerprint density at radius 2 is 1.65 bits per heavy atom. The fourth-order valence-electron chi connectivity index (χ4n) is 7.78. The number of fused-ring (bicyclic) bond motifs is 2. The molecule has 3 unspecified atom stereocenters. The number of aliphatic carboxylic acids is 1. The molecule has 0 saturated carbocycles. The number of hydrogen-bond donors (Lipinski definition) is 2. The Kier molecular flexibility index (Phi) is 11.9. The van der Waals surface area contributed by atoms with Gasteiger partial charge in [0.15, 0.2) is 17.6 Å². The predicted octanol–water partition coefficient (Wildman–Crippen LogP) is 7.78. The molecule has 4 heterocycles. The lowest BCUT2D eigenvalue weighted by Crippen LogP contribution is -2.59. The summed E-state index contributed by atoms with van der Waals surface area (Å²) in [5.41, 5.74) is 7.04. The Morgan fingerprint density at radius 3 is 2.37 bits per heavy atom. The van der Waals surface area contributed by atoms with Gasteiger partial charge in [0.25, 0.3) is 0 Å². The molecule has 1 aromatic heterocycles. The molecule has 3 atom stereocenters. The summed E-state index contributed by atoms with van der Waals surface area (Å²) in [6.45, 7) is 3.07. The monoisotopic (exact) mass is 848 g/mol. The van der Waals surface area contributed by atoms with Crippen LogP contribution in [-0.4, -0.2) is 75.4 Å². The van der Waals surface area contributed by atoms with Gasteiger partial charge in [0.05, 0.1) is 10.0 Å². The highest BCUT2D eigenvalue weighted by molar-refractivity contribution is 6.42. The molecule has 60 heavy (non-hydrogen) atoms. The van der Waals surface area contributed by atoms with Gasteiger partial charge in [-0.05, 0) is 93.9 Å². The number of urea groups is 1. The predicted molar refractivity (Wildman–Crippen MR) is 224 cm³/mol. The number of pyridine rings is 1. The molecule has 308 valence electrons. The number of carbonyl (C=O) groups is 4. The van der Waals surface area contributed by atoms with E-state index in [4.69, 9.17) is 37.4 Å². The number of carboxylic acids is 1. The first-order valence-electron chi connectivity index (χ1n) is 19.7. The number of carbonyl (C=O) groups excluding carboxylic acids is 3. The third-order valence-electron chi connectivity index (χ3n) is 11.2. The van der Waals surface area contributed by atoms with Crippen LogP contribution in [0, 0.1) is 6.92 Å². The average molecular weight is 850 g/mol. The van der Waals surface area contributed by atoms with Gasteiger partial charge >= 0.3 is 12.0 Å². The highest BCUT2D eigenvalue weighted by Gasteiger charge is 2.40. The van der Waals surface area contributed by atoms with Crippen molar-refractivity contribution in [3.8, 4) is 28.4 Å². The molecule has 0 aliphatic carbocycles. The summed E-state index contributed by atoms with van der Waals surface area (Å²) in [6.07, 6.45) is 3.71. The lowest BCUT2D eigenvalue weighted by atomic mass is 9.92. The van der Waals surface area contributed by atoms with E-state index < -0.39 is 36.1 Å². The highest BCUT2D eigenvalue weighted by Crippen LogP contribution is 2.41. The molecule has 0 spiro atoms. The number of carboxylic acid groups (broad SMARTS) is 1. The molecule has 12 nitrogen and oxygen atoms in total. The van der Waals surface area contributed by atoms with Gasteiger partial charge in [-0.15, -0.1) is 0 Å². The lowest BCUT2D eigenvalue weighted by Gasteiger charge is -2.40. The van der Waals surface area contributed by atoms with Crippen molar-refractivity contribution in [1.29, 1.82) is 0 Å². The third kappa shape index (κ3) is 9.05. The Morgan fingerprint density at radius 1 is 0.917 bits per heavy atom. The van der Waals surface area contributed by atoms with Crippen LogP contribution < -0.4 is 19.5 Å². The Hall–Kier alpha value is -6.11. The minimum atomic E-state index is -1.25. The number of aryl methyl sites for hydroxylation is 1. The van der Waals surface area contributed by atoms with Gasteiger partial charge in [0.1, 0.15) is 36.8 Å². The van der Waals surface area contributed by atoms with Crippen molar-refractivity contribution in [3.05, 3.63) is 141 Å². The number of amides is 3. The smallest absolute Gasteiger partial charge is 0.326 e. The molecular weight excluding hydrogens is 807 g/mol. The van der Waals surface area contributed by atoms with E-state index in [0.717, 1.165) is 44.5 Å². The standard InChI is InChI=1S/C46H42Cl2N4O8/c1-27-23-49-15-12-36(27)30-5-2-28(3-6-30)19-39(45(55)56)50-44(54)40-20-32-21-41-42(22-33(32)24-52(40)46(57)51-16-13-34(53)14-17-51)60-43(26-59-41)31-7-9-35(10-8-31)58-25-29-4-11-37(47)38(48)18-29/h2-12,15,18,21-23,39-40,43H,13-14,16-17,19-20,24-26H2,1H3,(H,50,54)(H,55,56). The van der Waals surface area contributed by atoms with Crippen molar-refractivity contribution in [3.63, 3.8) is 0 Å². The molecule has 14 heteroatoms. The summed E-state index contributed by atoms with van der Waals surface area (Å²) < 4.78 is 18.6. The van der Waals surface area contributed by atoms with Crippen molar-refractivity contribution in [2.45, 2.75) is 63.9 Å². The SMILES string of the molecule is Cc1cnccc1-c1ccc(CC(NC(=O)C2Cc3cc4c(cc3CN2C(=O)N2CCC(=O)CC2)OC(c2ccc(OCc3ccc(Cl)c(Cl)c3)cc2)CO4)C(=O)O)cc1. The number of Topliss-reactive ketones (excluding diaryl/α,β-unsaturated/α-hetero) is 1. The van der Waals surface area contributed by atoms with Crippen molar-refractivity contribution in [1.82, 2.24) is 20.1 Å². The van der Waals surface area contributed by atoms with Crippen LogP contribution >= 0.6 is 23.2 Å². The van der Waals surface area contributed by atoms with E-state index in [1.807, 2.05) is 79.7 Å². The summed E-state index contributed by atoms with van der Waals surface area (Å²) in [7, 11) is 0. The van der Waals surface area contributed by atoms with E-state index in [0.29, 0.717) is 33.9 Å². The number of hydrogen-bond acceptors (Lipinski definition) is 8. The molecule has 1 saturated heterocycles. The number of likely N-dealkylation sites (tertiary alicyclic amines) is 1. The fourth-order valence-corrected chi connectivity index (χ4v) is 8.10. The van der Waals surface area contributed by atoms with Gasteiger partial charge < -0.3 is 34.4 Å². The molecule has 3 aliphatic heterocycles. The second-order valence-electron chi connectivity index (χ2n) is 15.2. The van der Waals surface area contributed by atoms with Crippen LogP contribution in [0.5, 0.6) is 17.2 Å². The maximum Gasteiger partial charge on any atom is 0.326 e. The van der Waals surface area contributed by atoms with E-state index in [9.17, 15) is 24.3 Å². The van der Waals surface area contributed by atoms with Gasteiger partial charge in [-0.3, -0.25) is 14.6 Å². The van der Waals surface area contributed by atoms with Crippen molar-refractivity contribution < 1.29 is 38.5 Å². The zero-order valence-electron chi connectivity index (χ0n) is 32.7. The summed E-state index contributed by atoms with van der Waals surface area (Å²) in [5, 5.41) is 13.9. The lowest BCUT2D eigenvalue weighted by molar-refractivity contribution is -0.142. The molecule has 3 amide bonds. The minimum absolute atomic E-state index is 0.0382. The Bertz CT molecular complexity index is 2430. The number of ketones is 1. The normalized spacial score (nSPS) is 17.7. The van der Waals surface area contributed by atoms with Crippen molar-refractivity contribution in [2.75, 3.05) is 19.7 Å². The molecule has 5 aromatic rings. The van der Waals surface area contributed by atoms with E-state index in [-0.39, 0.29) is 57.7 Å². The number of nitrogens with one attached hydrogen (secondary N) is 1. The zero-order chi connectivity index (χ0) is 41.9. The van der Waals surface area contributed by atoms with Crippen LogP contribution in [-0.2, 0) is 40.4 Å². The number of benzene rings is 4. The van der Waals surface area contributed by atoms with Gasteiger partial charge in [-0.2, -0.15) is 0 Å². The summed E-state index contributed by atoms with van der Waals surface area (Å²) >= 11 is 12.2. The second kappa shape index (κ2) is 17.6. The molecule has 4 aromatic carbocycles. The van der Waals surface area contributed by atoms with Gasteiger partial charge in [-0.1, -0.05) is 65.7 Å². The molecule has 2 N–H and O–H groups in total. The summed E-state index contributed by atoms with van der Waals surface area (Å²) in [5.74, 6) is -0.0283. The number of nitrogens with zero attached hydrogens (tertiary/aromatic N) is 3. The topological polar surface area (TPSA) is 148 Å². The number of aromatic nitrogens is 1. The van der Waals surface area contributed by atoms with Crippen LogP contribution in [0.3, 0.4) is 0 Å². The fraction of sp³-hybridized carbons (Fsp3) is 0.283. The van der Waals surface area contributed by atoms with Crippen molar-refractivity contribution in [2.24, 2.45) is 0 Å². The first kappa shape index (κ1) is 40.7. The third-order valence-corrected chi connectivity index (χ3v) is 11.9. The number of piperidine rings is 1. The van der Waals surface area contributed by atoms with E-state index >= 15 is 0 Å². The molecule has 8 rings (SSSR count). The summed E-state index contributed by atoms with van der Waals surface area (Å²) in [6, 6.07) is 23.4. The van der Waals surface area contributed by atoms with Crippen LogP contribution in [0.4, 0.5) is 4.79 Å². The number of halogens is 2. The van der Waals surface area contributed by atoms with E-state index in [1.54, 1.807) is 29.4 Å². The minimum Gasteiger partial charge on any atom is -0.489 e. The molecular formula is C46H42Cl2N4O8. The molecule has 1 fully saturated rings. The highest BCUT2D eigenvalue weighted by atomic mass is 35.5. The van der Waals surface area contributed by atoms with E-state index in [2.05, 4.69) is 10.3 Å². The van der Waals surface area contributed by atoms with Gasteiger partial charge in [0.2, 0.25) is 5.91 Å². The number of ether oxygens (including phenoxy) is 3. The first-order valence-corrected chi connectivity index (χ1v) is 20.5. The maximum absolute atomic E-state index is 14.2. The Balaban J connectivity index is 0.977. The second-order valence-corrected chi connectivity index (χ2v) is 16.1. The van der Waals surface area contributed by atoms with Crippen LogP contribution in [0.15, 0.2) is 97.3 Å². The maximum atomic E-state index is 14.2. The van der Waals surface area contributed by atoms with E-state index in [1.165, 1.54) is 4.90 Å². The van der Waals surface area contributed by atoms with Gasteiger partial charge in [0, 0.05) is 57.7 Å². The van der Waals surface area contributed by atoms with Gasteiger partial charge in [-0.25, -0.2) is 9.59 Å². The average Bonchev–Trinajstić information content (AvgIpc) is 3.26. The molecule has 0 bridgehead atoms. The quantitative estimate of drug-likeness (QED) is 0.144. The number of rotatable bonds is 10. The van der Waals surface area contributed by atoms with Crippen LogP contribution in [0.2, 0.25) is 10.0 Å². The Labute approximate surface area is 357 Å². The molecule has 3 aliphatic rings. The molecule has 0 radical (unpaired) electrons. The zero-order valence-corrected chi connectivity index (χ0v) is 34.2. The summed E-state index contributed by atoms with van der Waals surface area (Å²) in [4.78, 5) is 60.1. The van der Waals surface area contributed by atoms with Crippen LogP contribution in [0.25, 0.3) is 11.1 Å². The van der Waals surface area contributed by atoms with Crippen molar-refractivity contribution >= 4 is 46.9 Å².